The molecule has 2 aliphatic rings. The lowest BCUT2D eigenvalue weighted by atomic mass is 9.71. The van der Waals surface area contributed by atoms with E-state index in [0.29, 0.717) is 0 Å². The molecule has 128 valence electrons. The van der Waals surface area contributed by atoms with E-state index in [9.17, 15) is 22.0 Å². The van der Waals surface area contributed by atoms with Gasteiger partial charge in [-0.15, -0.1) is 0 Å². The van der Waals surface area contributed by atoms with Crippen LogP contribution in [0, 0.1) is 5.92 Å². The lowest BCUT2D eigenvalue weighted by molar-refractivity contribution is -0.161. The van der Waals surface area contributed by atoms with E-state index in [1.165, 1.54) is 7.11 Å². The van der Waals surface area contributed by atoms with Crippen molar-refractivity contribution in [2.24, 2.45) is 5.92 Å². The third-order valence-electron chi connectivity index (χ3n) is 4.39. The van der Waals surface area contributed by atoms with Crippen molar-refractivity contribution in [3.8, 4) is 0 Å². The number of ether oxygens (including phenoxy) is 1. The Kier molecular flexibility index (Phi) is 4.77. The second-order valence-electron chi connectivity index (χ2n) is 5.91. The van der Waals surface area contributed by atoms with Crippen LogP contribution in [0.1, 0.15) is 25.7 Å². The number of carbonyl (C=O) groups is 1. The van der Waals surface area contributed by atoms with Crippen molar-refractivity contribution < 1.29 is 31.8 Å². The average Bonchev–Trinajstić information content (AvgIpc) is 2.37. The van der Waals surface area contributed by atoms with E-state index in [2.05, 4.69) is 4.72 Å². The maximum absolute atomic E-state index is 13.1. The van der Waals surface area contributed by atoms with Crippen LogP contribution < -0.4 is 4.72 Å². The Balaban J connectivity index is 1.89. The summed E-state index contributed by atoms with van der Waals surface area (Å²) in [6, 6.07) is 0. The highest BCUT2D eigenvalue weighted by Gasteiger charge is 2.49. The Morgan fingerprint density at radius 3 is 2.36 bits per heavy atom. The van der Waals surface area contributed by atoms with Crippen molar-refractivity contribution in [1.29, 1.82) is 0 Å². The summed E-state index contributed by atoms with van der Waals surface area (Å²) in [5.41, 5.74) is -0.837. The lowest BCUT2D eigenvalue weighted by Crippen LogP contribution is -2.57. The molecule has 0 amide bonds. The summed E-state index contributed by atoms with van der Waals surface area (Å²) in [6.45, 7) is -0.539. The maximum atomic E-state index is 13.1. The fourth-order valence-electron chi connectivity index (χ4n) is 2.76. The van der Waals surface area contributed by atoms with E-state index in [1.54, 1.807) is 0 Å². The molecule has 0 spiro atoms. The molecule has 0 unspecified atom stereocenters. The molecule has 1 saturated carbocycles. The molecule has 0 atom stereocenters. The molecule has 1 heterocycles. The van der Waals surface area contributed by atoms with E-state index < -0.39 is 46.5 Å². The second kappa shape index (κ2) is 5.99. The largest absolute Gasteiger partial charge is 0.481 e. The molecule has 0 aromatic rings. The normalized spacial score (nSPS) is 32.4. The average molecular weight is 342 g/mol. The van der Waals surface area contributed by atoms with Crippen molar-refractivity contribution in [3.05, 3.63) is 0 Å². The minimum atomic E-state index is -3.87. The van der Waals surface area contributed by atoms with Crippen LogP contribution in [0.25, 0.3) is 0 Å². The molecule has 7 nitrogen and oxygen atoms in total. The van der Waals surface area contributed by atoms with Crippen LogP contribution in [0.5, 0.6) is 0 Å². The molecule has 0 bridgehead atoms. The van der Waals surface area contributed by atoms with Crippen molar-refractivity contribution >= 4 is 16.2 Å². The van der Waals surface area contributed by atoms with E-state index in [0.717, 1.165) is 4.31 Å². The number of piperidine rings is 1. The highest BCUT2D eigenvalue weighted by atomic mass is 32.2. The molecular formula is C12H20F2N2O5S. The number of aliphatic carboxylic acids is 1. The predicted molar refractivity (Wildman–Crippen MR) is 72.8 cm³/mol. The van der Waals surface area contributed by atoms with E-state index in [4.69, 9.17) is 9.84 Å². The number of hydrogen-bond donors (Lipinski definition) is 2. The number of halogens is 2. The molecule has 10 heteroatoms. The van der Waals surface area contributed by atoms with Gasteiger partial charge in [0.1, 0.15) is 0 Å². The summed E-state index contributed by atoms with van der Waals surface area (Å²) in [4.78, 5) is 10.8. The first kappa shape index (κ1) is 17.5. The van der Waals surface area contributed by atoms with Gasteiger partial charge in [0.05, 0.1) is 11.5 Å². The summed E-state index contributed by atoms with van der Waals surface area (Å²) in [5.74, 6) is -4.30. The molecule has 22 heavy (non-hydrogen) atoms. The number of hydrogen-bond acceptors (Lipinski definition) is 4. The fraction of sp³-hybridized carbons (Fsp3) is 0.917. The Morgan fingerprint density at radius 2 is 1.91 bits per heavy atom. The van der Waals surface area contributed by atoms with Crippen LogP contribution >= 0.6 is 0 Å². The van der Waals surface area contributed by atoms with Crippen molar-refractivity contribution in [3.63, 3.8) is 0 Å². The third-order valence-corrected chi connectivity index (χ3v) is 5.94. The monoisotopic (exact) mass is 342 g/mol. The number of carboxylic acid groups (broad SMARTS) is 1. The number of nitrogens with one attached hydrogen (secondary N) is 1. The lowest BCUT2D eigenvalue weighted by Gasteiger charge is -2.45. The van der Waals surface area contributed by atoms with E-state index >= 15 is 0 Å². The molecule has 0 radical (unpaired) electrons. The molecule has 1 aliphatic heterocycles. The summed E-state index contributed by atoms with van der Waals surface area (Å²) in [6.07, 6.45) is -0.548. The van der Waals surface area contributed by atoms with Gasteiger partial charge in [-0.25, -0.2) is 8.78 Å². The van der Waals surface area contributed by atoms with Crippen molar-refractivity contribution in [2.75, 3.05) is 26.7 Å². The molecule has 1 aliphatic carbocycles. The van der Waals surface area contributed by atoms with Crippen LogP contribution in [0.15, 0.2) is 0 Å². The van der Waals surface area contributed by atoms with Crippen LogP contribution in [-0.4, -0.2) is 62.1 Å². The number of methoxy groups -OCH3 is 1. The predicted octanol–water partition coefficient (Wildman–Crippen LogP) is 0.432. The zero-order valence-corrected chi connectivity index (χ0v) is 13.0. The van der Waals surface area contributed by atoms with Gasteiger partial charge in [0, 0.05) is 39.6 Å². The Hall–Kier alpha value is -0.840. The van der Waals surface area contributed by atoms with Crippen LogP contribution in [0.4, 0.5) is 8.78 Å². The molecule has 2 rings (SSSR count). The summed E-state index contributed by atoms with van der Waals surface area (Å²) in [7, 11) is -2.47. The van der Waals surface area contributed by atoms with Gasteiger partial charge in [0.15, 0.2) is 0 Å². The molecule has 1 saturated heterocycles. The minimum Gasteiger partial charge on any atom is -0.481 e. The molecule has 2 N–H and O–H groups in total. The first-order valence-electron chi connectivity index (χ1n) is 7.00. The Morgan fingerprint density at radius 1 is 1.36 bits per heavy atom. The van der Waals surface area contributed by atoms with Gasteiger partial charge in [-0.05, 0) is 12.8 Å². The quantitative estimate of drug-likeness (QED) is 0.730. The fourth-order valence-corrected chi connectivity index (χ4v) is 4.06. The van der Waals surface area contributed by atoms with Crippen molar-refractivity contribution in [2.45, 2.75) is 37.2 Å². The van der Waals surface area contributed by atoms with Gasteiger partial charge < -0.3 is 9.84 Å². The van der Waals surface area contributed by atoms with Gasteiger partial charge in [-0.3, -0.25) is 4.79 Å². The first-order valence-corrected chi connectivity index (χ1v) is 8.44. The highest BCUT2D eigenvalue weighted by molar-refractivity contribution is 7.87. The number of carboxylic acids is 1. The van der Waals surface area contributed by atoms with Crippen LogP contribution in [-0.2, 0) is 19.7 Å². The van der Waals surface area contributed by atoms with Gasteiger partial charge in [0.2, 0.25) is 0 Å². The third kappa shape index (κ3) is 3.73. The van der Waals surface area contributed by atoms with Gasteiger partial charge >= 0.3 is 5.97 Å². The van der Waals surface area contributed by atoms with E-state index in [-0.39, 0.29) is 32.5 Å². The molecular weight excluding hydrogens is 322 g/mol. The zero-order valence-electron chi connectivity index (χ0n) is 12.2. The Labute approximate surface area is 127 Å². The molecule has 0 aromatic carbocycles. The van der Waals surface area contributed by atoms with Gasteiger partial charge in [-0.2, -0.15) is 17.4 Å². The summed E-state index contributed by atoms with van der Waals surface area (Å²) >= 11 is 0. The Bertz CT molecular complexity index is 524. The maximum Gasteiger partial charge on any atom is 0.306 e. The van der Waals surface area contributed by atoms with Gasteiger partial charge in [-0.1, -0.05) is 0 Å². The first-order chi connectivity index (χ1) is 10.1. The smallest absolute Gasteiger partial charge is 0.306 e. The number of nitrogens with zero attached hydrogens (tertiary/aromatic N) is 1. The van der Waals surface area contributed by atoms with Crippen LogP contribution in [0.3, 0.4) is 0 Å². The SMILES string of the molecule is COC1(CNS(=O)(=O)N2CCC(F)(F)CC2)CC(C(=O)O)C1. The number of alkyl halides is 2. The summed E-state index contributed by atoms with van der Waals surface area (Å²) < 4.78 is 58.9. The molecule has 2 fully saturated rings. The topological polar surface area (TPSA) is 95.9 Å². The van der Waals surface area contributed by atoms with Crippen molar-refractivity contribution in [1.82, 2.24) is 9.03 Å². The highest BCUT2D eigenvalue weighted by Crippen LogP contribution is 2.40. The van der Waals surface area contributed by atoms with Gasteiger partial charge in [0.25, 0.3) is 16.1 Å². The van der Waals surface area contributed by atoms with Crippen LogP contribution in [0.2, 0.25) is 0 Å². The number of rotatable bonds is 6. The molecule has 0 aromatic heterocycles. The second-order valence-corrected chi connectivity index (χ2v) is 7.67. The standard InChI is InChI=1S/C12H20F2N2O5S/c1-21-11(6-9(7-11)10(17)18)8-15-22(19,20)16-4-2-12(13,14)3-5-16/h9,15H,2-8H2,1H3,(H,17,18). The summed E-state index contributed by atoms with van der Waals surface area (Å²) in [5, 5.41) is 8.87. The minimum absolute atomic E-state index is 0.0670. The van der Waals surface area contributed by atoms with E-state index in [1.807, 2.05) is 0 Å². The zero-order chi connectivity index (χ0) is 16.6.